The Labute approximate surface area is 180 Å². The molecule has 3 saturated heterocycles. The smallest absolute Gasteiger partial charge is 0.233 e. The number of hydrogen-bond donors (Lipinski definition) is 1. The molecular formula is C25H36FN3O. The molecule has 0 aromatic heterocycles. The van der Waals surface area contributed by atoms with Crippen LogP contribution in [0.25, 0.3) is 0 Å². The average Bonchev–Trinajstić information content (AvgIpc) is 3.33. The first-order valence-corrected chi connectivity index (χ1v) is 12.2. The van der Waals surface area contributed by atoms with E-state index in [4.69, 9.17) is 0 Å². The maximum Gasteiger partial charge on any atom is 0.233 e. The average molecular weight is 414 g/mol. The monoisotopic (exact) mass is 413 g/mol. The zero-order valence-corrected chi connectivity index (χ0v) is 18.3. The minimum Gasteiger partial charge on any atom is -0.317 e. The quantitative estimate of drug-likeness (QED) is 0.796. The summed E-state index contributed by atoms with van der Waals surface area (Å²) in [5, 5.41) is 3.34. The molecule has 1 atom stereocenters. The molecule has 1 aromatic carbocycles. The van der Waals surface area contributed by atoms with Crippen molar-refractivity contribution in [1.29, 1.82) is 0 Å². The van der Waals surface area contributed by atoms with Gasteiger partial charge in [0.05, 0.1) is 11.1 Å². The number of piperidine rings is 1. The third kappa shape index (κ3) is 3.58. The van der Waals surface area contributed by atoms with E-state index in [2.05, 4.69) is 23.2 Å². The molecule has 0 bridgehead atoms. The SMILES string of the molecule is CC1CCCN1C1CCC(c2ccc(N3CCC4(CCNCC4)C3=O)c(F)c2)CC1. The highest BCUT2D eigenvalue weighted by molar-refractivity contribution is 6.00. The van der Waals surface area contributed by atoms with Gasteiger partial charge >= 0.3 is 0 Å². The number of nitrogens with zero attached hydrogens (tertiary/aromatic N) is 2. The second kappa shape index (κ2) is 8.23. The van der Waals surface area contributed by atoms with Gasteiger partial charge in [0.1, 0.15) is 5.82 Å². The van der Waals surface area contributed by atoms with E-state index < -0.39 is 0 Å². The fourth-order valence-corrected chi connectivity index (χ4v) is 6.65. The summed E-state index contributed by atoms with van der Waals surface area (Å²) in [4.78, 5) is 17.6. The van der Waals surface area contributed by atoms with Gasteiger partial charge in [-0.2, -0.15) is 0 Å². The molecule has 4 fully saturated rings. The predicted molar refractivity (Wildman–Crippen MR) is 118 cm³/mol. The number of halogens is 1. The van der Waals surface area contributed by atoms with Crippen LogP contribution in [0.5, 0.6) is 0 Å². The van der Waals surface area contributed by atoms with E-state index in [-0.39, 0.29) is 17.1 Å². The van der Waals surface area contributed by atoms with Crippen molar-refractivity contribution >= 4 is 11.6 Å². The van der Waals surface area contributed by atoms with Crippen LogP contribution in [0.15, 0.2) is 18.2 Å². The zero-order chi connectivity index (χ0) is 20.7. The van der Waals surface area contributed by atoms with Gasteiger partial charge < -0.3 is 10.2 Å². The van der Waals surface area contributed by atoms with Gasteiger partial charge in [-0.05, 0) is 108 Å². The molecule has 1 amide bonds. The van der Waals surface area contributed by atoms with Crippen molar-refractivity contribution in [1.82, 2.24) is 10.2 Å². The van der Waals surface area contributed by atoms with Crippen molar-refractivity contribution in [3.63, 3.8) is 0 Å². The van der Waals surface area contributed by atoms with Crippen molar-refractivity contribution < 1.29 is 9.18 Å². The number of carbonyl (C=O) groups is 1. The number of amides is 1. The Morgan fingerprint density at radius 3 is 2.47 bits per heavy atom. The van der Waals surface area contributed by atoms with Gasteiger partial charge in [0.25, 0.3) is 0 Å². The Balaban J connectivity index is 1.25. The molecule has 3 heterocycles. The van der Waals surface area contributed by atoms with Gasteiger partial charge in [-0.3, -0.25) is 9.69 Å². The van der Waals surface area contributed by atoms with Gasteiger partial charge in [0, 0.05) is 18.6 Å². The molecule has 1 unspecified atom stereocenters. The molecule has 0 radical (unpaired) electrons. The molecule has 1 aromatic rings. The lowest BCUT2D eigenvalue weighted by molar-refractivity contribution is -0.126. The largest absolute Gasteiger partial charge is 0.317 e. The van der Waals surface area contributed by atoms with Gasteiger partial charge in [0.15, 0.2) is 0 Å². The molecule has 5 heteroatoms. The second-order valence-electron chi connectivity index (χ2n) is 10.2. The summed E-state index contributed by atoms with van der Waals surface area (Å²) in [6.45, 7) is 6.04. The molecular weight excluding hydrogens is 377 g/mol. The molecule has 164 valence electrons. The number of hydrogen-bond acceptors (Lipinski definition) is 3. The van der Waals surface area contributed by atoms with Crippen molar-refractivity contribution in [3.05, 3.63) is 29.6 Å². The summed E-state index contributed by atoms with van der Waals surface area (Å²) < 4.78 is 15.1. The summed E-state index contributed by atoms with van der Waals surface area (Å²) in [5.74, 6) is 0.366. The van der Waals surface area contributed by atoms with Crippen molar-refractivity contribution in [3.8, 4) is 0 Å². The van der Waals surface area contributed by atoms with Crippen LogP contribution in [0.2, 0.25) is 0 Å². The van der Waals surface area contributed by atoms with Crippen LogP contribution < -0.4 is 10.2 Å². The fraction of sp³-hybridized carbons (Fsp3) is 0.720. The summed E-state index contributed by atoms with van der Waals surface area (Å²) in [6.07, 6.45) is 10.0. The standard InChI is InChI=1S/C25H36FN3O/c1-18-3-2-15-28(18)21-7-4-19(5-8-21)20-6-9-23(22(26)17-20)29-16-12-25(24(29)30)10-13-27-14-11-25/h6,9,17-19,21,27H,2-5,7-8,10-16H2,1H3. The van der Waals surface area contributed by atoms with E-state index in [0.29, 0.717) is 24.2 Å². The van der Waals surface area contributed by atoms with E-state index in [9.17, 15) is 4.79 Å². The zero-order valence-electron chi connectivity index (χ0n) is 18.3. The van der Waals surface area contributed by atoms with Crippen LogP contribution in [0, 0.1) is 11.2 Å². The summed E-state index contributed by atoms with van der Waals surface area (Å²) >= 11 is 0. The number of likely N-dealkylation sites (tertiary alicyclic amines) is 1. The maximum atomic E-state index is 15.1. The molecule has 4 nitrogen and oxygen atoms in total. The molecule has 30 heavy (non-hydrogen) atoms. The van der Waals surface area contributed by atoms with Gasteiger partial charge in [-0.15, -0.1) is 0 Å². The maximum absolute atomic E-state index is 15.1. The lowest BCUT2D eigenvalue weighted by Crippen LogP contribution is -2.42. The van der Waals surface area contributed by atoms with Gasteiger partial charge in [0.2, 0.25) is 5.91 Å². The van der Waals surface area contributed by atoms with E-state index in [0.717, 1.165) is 56.8 Å². The van der Waals surface area contributed by atoms with Crippen LogP contribution in [-0.2, 0) is 4.79 Å². The van der Waals surface area contributed by atoms with Crippen molar-refractivity contribution in [2.75, 3.05) is 31.1 Å². The molecule has 1 N–H and O–H groups in total. The first-order chi connectivity index (χ1) is 14.6. The van der Waals surface area contributed by atoms with E-state index in [1.54, 1.807) is 11.0 Å². The first kappa shape index (κ1) is 20.4. The molecule has 3 aliphatic heterocycles. The Hall–Kier alpha value is -1.46. The minimum atomic E-state index is -0.262. The van der Waals surface area contributed by atoms with Crippen molar-refractivity contribution in [2.24, 2.45) is 5.41 Å². The lowest BCUT2D eigenvalue weighted by atomic mass is 9.77. The summed E-state index contributed by atoms with van der Waals surface area (Å²) in [7, 11) is 0. The normalized spacial score (nSPS) is 32.3. The molecule has 1 saturated carbocycles. The van der Waals surface area contributed by atoms with Gasteiger partial charge in [-0.25, -0.2) is 4.39 Å². The van der Waals surface area contributed by atoms with Gasteiger partial charge in [-0.1, -0.05) is 6.07 Å². The van der Waals surface area contributed by atoms with Crippen LogP contribution in [0.4, 0.5) is 10.1 Å². The Bertz CT molecular complexity index is 783. The fourth-order valence-electron chi connectivity index (χ4n) is 6.65. The number of rotatable bonds is 3. The van der Waals surface area contributed by atoms with E-state index in [1.165, 1.54) is 32.2 Å². The van der Waals surface area contributed by atoms with Crippen LogP contribution in [0.1, 0.15) is 76.2 Å². The van der Waals surface area contributed by atoms with E-state index >= 15 is 4.39 Å². The highest BCUT2D eigenvalue weighted by atomic mass is 19.1. The summed E-state index contributed by atoms with van der Waals surface area (Å²) in [6, 6.07) is 7.12. The topological polar surface area (TPSA) is 35.6 Å². The Morgan fingerprint density at radius 2 is 1.80 bits per heavy atom. The molecule has 5 rings (SSSR count). The lowest BCUT2D eigenvalue weighted by Gasteiger charge is -2.37. The Kier molecular flexibility index (Phi) is 5.61. The number of carbonyl (C=O) groups excluding carboxylic acids is 1. The molecule has 4 aliphatic rings. The number of nitrogens with one attached hydrogen (secondary N) is 1. The number of benzene rings is 1. The second-order valence-corrected chi connectivity index (χ2v) is 10.2. The van der Waals surface area contributed by atoms with Crippen molar-refractivity contribution in [2.45, 2.75) is 82.7 Å². The molecule has 1 aliphatic carbocycles. The van der Waals surface area contributed by atoms with Crippen LogP contribution in [-0.4, -0.2) is 49.1 Å². The summed E-state index contributed by atoms with van der Waals surface area (Å²) in [5.41, 5.74) is 1.34. The number of anilines is 1. The highest BCUT2D eigenvalue weighted by Gasteiger charge is 2.47. The third-order valence-corrected chi connectivity index (χ3v) is 8.58. The van der Waals surface area contributed by atoms with Crippen LogP contribution in [0.3, 0.4) is 0 Å². The minimum absolute atomic E-state index is 0.135. The first-order valence-electron chi connectivity index (χ1n) is 12.2. The highest BCUT2D eigenvalue weighted by Crippen LogP contribution is 2.43. The van der Waals surface area contributed by atoms with Crippen LogP contribution >= 0.6 is 0 Å². The molecule has 1 spiro atoms. The van der Waals surface area contributed by atoms with E-state index in [1.807, 2.05) is 6.07 Å². The Morgan fingerprint density at radius 1 is 1.03 bits per heavy atom. The predicted octanol–water partition coefficient (Wildman–Crippen LogP) is 4.44. The third-order valence-electron chi connectivity index (χ3n) is 8.58.